The first-order valence-corrected chi connectivity index (χ1v) is 5.70. The quantitative estimate of drug-likeness (QED) is 0.383. The van der Waals surface area contributed by atoms with Gasteiger partial charge in [0.1, 0.15) is 0 Å². The number of carbonyl (C=O) groups is 1. The first-order valence-electron chi connectivity index (χ1n) is 5.70. The maximum absolute atomic E-state index is 11.7. The molecule has 3 N–H and O–H groups in total. The number of aliphatic hydroxyl groups excluding tert-OH is 2. The van der Waals surface area contributed by atoms with Crippen LogP contribution in [0.25, 0.3) is 0 Å². The third-order valence-corrected chi connectivity index (χ3v) is 2.15. The molecule has 0 aromatic heterocycles. The van der Waals surface area contributed by atoms with Gasteiger partial charge in [0, 0.05) is 25.0 Å². The Kier molecular flexibility index (Phi) is 9.75. The smallest absolute Gasteiger partial charge is 0.238 e. The van der Waals surface area contributed by atoms with Crippen LogP contribution in [0.1, 0.15) is 6.92 Å². The molecule has 6 heteroatoms. The summed E-state index contributed by atoms with van der Waals surface area (Å²) < 4.78 is 0. The van der Waals surface area contributed by atoms with Crippen molar-refractivity contribution in [3.63, 3.8) is 0 Å². The maximum Gasteiger partial charge on any atom is 0.238 e. The number of nitrogens with one attached hydrogen (secondary N) is 1. The van der Waals surface area contributed by atoms with E-state index >= 15 is 0 Å². The molecule has 0 bridgehead atoms. The predicted octanol–water partition coefficient (Wildman–Crippen LogP) is -0.493. The fourth-order valence-corrected chi connectivity index (χ4v) is 1.30. The molecule has 0 aliphatic carbocycles. The summed E-state index contributed by atoms with van der Waals surface area (Å²) in [4.78, 5) is 16.9. The molecule has 0 radical (unpaired) electrons. The Bertz CT molecular complexity index is 308. The van der Waals surface area contributed by atoms with Crippen molar-refractivity contribution in [2.75, 3.05) is 32.8 Å². The molecule has 0 spiro atoms. The van der Waals surface area contributed by atoms with E-state index in [4.69, 9.17) is 10.2 Å². The Balaban J connectivity index is 4.29. The molecule has 0 fully saturated rings. The summed E-state index contributed by atoms with van der Waals surface area (Å²) in [6.07, 6.45) is 4.85. The number of aliphatic imine (C=N–C) groups is 1. The minimum Gasteiger partial charge on any atom is -0.395 e. The van der Waals surface area contributed by atoms with Crippen molar-refractivity contribution in [1.82, 2.24) is 10.2 Å². The van der Waals surface area contributed by atoms with Gasteiger partial charge in [0.05, 0.1) is 19.8 Å². The number of hydrogen-bond acceptors (Lipinski definition) is 5. The minimum absolute atomic E-state index is 0.0515. The minimum atomic E-state index is -0.210. The number of rotatable bonds is 9. The first kappa shape index (κ1) is 16.5. The van der Waals surface area contributed by atoms with Crippen molar-refractivity contribution >= 4 is 12.6 Å². The number of carbonyl (C=O) groups excluding carboxylic acids is 1. The van der Waals surface area contributed by atoms with Gasteiger partial charge in [-0.2, -0.15) is 0 Å². The van der Waals surface area contributed by atoms with E-state index in [0.29, 0.717) is 18.8 Å². The summed E-state index contributed by atoms with van der Waals surface area (Å²) in [5.41, 5.74) is 0.625. The van der Waals surface area contributed by atoms with E-state index in [1.54, 1.807) is 24.0 Å². The van der Waals surface area contributed by atoms with Gasteiger partial charge in [0.25, 0.3) is 0 Å². The highest BCUT2D eigenvalue weighted by Gasteiger charge is 2.09. The fourth-order valence-electron chi connectivity index (χ4n) is 1.30. The number of aliphatic hydroxyl groups is 2. The van der Waals surface area contributed by atoms with E-state index in [1.807, 2.05) is 0 Å². The molecule has 0 saturated heterocycles. The van der Waals surface area contributed by atoms with Crippen LogP contribution in [0, 0.1) is 0 Å². The molecule has 0 unspecified atom stereocenters. The zero-order valence-corrected chi connectivity index (χ0v) is 10.7. The Morgan fingerprint density at radius 2 is 2.00 bits per heavy atom. The molecule has 0 aliphatic rings. The van der Waals surface area contributed by atoms with Gasteiger partial charge >= 0.3 is 0 Å². The number of amides is 1. The van der Waals surface area contributed by atoms with Gasteiger partial charge in [-0.1, -0.05) is 6.08 Å². The van der Waals surface area contributed by atoms with Gasteiger partial charge in [-0.3, -0.25) is 14.7 Å². The molecule has 18 heavy (non-hydrogen) atoms. The molecule has 0 saturated carbocycles. The second kappa shape index (κ2) is 10.6. The fraction of sp³-hybridized carbons (Fsp3) is 0.500. The summed E-state index contributed by atoms with van der Waals surface area (Å²) in [7, 11) is 0. The van der Waals surface area contributed by atoms with Crippen molar-refractivity contribution < 1.29 is 15.0 Å². The van der Waals surface area contributed by atoms with Crippen molar-refractivity contribution in [2.24, 2.45) is 4.99 Å². The van der Waals surface area contributed by atoms with E-state index in [2.05, 4.69) is 17.0 Å². The van der Waals surface area contributed by atoms with Gasteiger partial charge in [0.15, 0.2) is 0 Å². The van der Waals surface area contributed by atoms with Crippen LogP contribution in [-0.4, -0.2) is 60.6 Å². The van der Waals surface area contributed by atoms with Crippen LogP contribution in [0.3, 0.4) is 0 Å². The third kappa shape index (κ3) is 7.72. The van der Waals surface area contributed by atoms with E-state index in [9.17, 15) is 4.79 Å². The van der Waals surface area contributed by atoms with Crippen LogP contribution >= 0.6 is 0 Å². The van der Waals surface area contributed by atoms with Crippen molar-refractivity contribution in [1.29, 1.82) is 0 Å². The molecule has 0 aromatic carbocycles. The molecule has 0 aromatic rings. The lowest BCUT2D eigenvalue weighted by atomic mass is 10.3. The standard InChI is InChI=1S/C12H21N3O3/c1-3-11(4-5-13-2)14-12(18)10-15(6-8-16)7-9-17/h3-5,16-17H,2,6-10H2,1H3,(H,14,18)/b5-4-,11-3+. The van der Waals surface area contributed by atoms with Crippen molar-refractivity contribution in [2.45, 2.75) is 6.92 Å². The maximum atomic E-state index is 11.7. The predicted molar refractivity (Wildman–Crippen MR) is 71.2 cm³/mol. The molecule has 0 aliphatic heterocycles. The van der Waals surface area contributed by atoms with Gasteiger partial charge in [-0.05, 0) is 19.7 Å². The largest absolute Gasteiger partial charge is 0.395 e. The van der Waals surface area contributed by atoms with E-state index < -0.39 is 0 Å². The molecule has 0 heterocycles. The normalized spacial score (nSPS) is 12.1. The molecular formula is C12H21N3O3. The summed E-state index contributed by atoms with van der Waals surface area (Å²) in [5, 5.41) is 20.3. The van der Waals surface area contributed by atoms with E-state index in [0.717, 1.165) is 0 Å². The average Bonchev–Trinajstić information content (AvgIpc) is 2.35. The van der Waals surface area contributed by atoms with Crippen LogP contribution in [0.5, 0.6) is 0 Å². The topological polar surface area (TPSA) is 85.2 Å². The summed E-state index contributed by atoms with van der Waals surface area (Å²) >= 11 is 0. The highest BCUT2D eigenvalue weighted by molar-refractivity contribution is 5.80. The van der Waals surface area contributed by atoms with Gasteiger partial charge < -0.3 is 15.5 Å². The van der Waals surface area contributed by atoms with Crippen LogP contribution in [0.2, 0.25) is 0 Å². The lowest BCUT2D eigenvalue weighted by Crippen LogP contribution is -2.39. The van der Waals surface area contributed by atoms with E-state index in [-0.39, 0.29) is 25.7 Å². The average molecular weight is 255 g/mol. The van der Waals surface area contributed by atoms with Crippen LogP contribution in [-0.2, 0) is 4.79 Å². The Morgan fingerprint density at radius 1 is 1.39 bits per heavy atom. The monoisotopic (exact) mass is 255 g/mol. The van der Waals surface area contributed by atoms with Crippen molar-refractivity contribution in [3.8, 4) is 0 Å². The Morgan fingerprint density at radius 3 is 2.44 bits per heavy atom. The number of hydrogen-bond donors (Lipinski definition) is 3. The molecule has 6 nitrogen and oxygen atoms in total. The van der Waals surface area contributed by atoms with E-state index in [1.165, 1.54) is 6.20 Å². The lowest BCUT2D eigenvalue weighted by molar-refractivity contribution is -0.121. The van der Waals surface area contributed by atoms with Crippen LogP contribution < -0.4 is 5.32 Å². The molecule has 1 amide bonds. The SMILES string of the molecule is C=N/C=C\C(=C/C)NC(=O)CN(CCO)CCO. The van der Waals surface area contributed by atoms with Crippen molar-refractivity contribution in [3.05, 3.63) is 24.0 Å². The Labute approximate surface area is 107 Å². The highest BCUT2D eigenvalue weighted by atomic mass is 16.3. The second-order valence-electron chi connectivity index (χ2n) is 3.51. The molecule has 0 rings (SSSR count). The number of nitrogens with zero attached hydrogens (tertiary/aromatic N) is 2. The zero-order chi connectivity index (χ0) is 13.8. The lowest BCUT2D eigenvalue weighted by Gasteiger charge is -2.19. The zero-order valence-electron chi connectivity index (χ0n) is 10.7. The highest BCUT2D eigenvalue weighted by Crippen LogP contribution is 1.94. The third-order valence-electron chi connectivity index (χ3n) is 2.15. The molecule has 0 atom stereocenters. The van der Waals surface area contributed by atoms with Crippen LogP contribution in [0.4, 0.5) is 0 Å². The van der Waals surface area contributed by atoms with Gasteiger partial charge in [0.2, 0.25) is 5.91 Å². The Hall–Kier alpha value is -1.50. The first-order chi connectivity index (χ1) is 8.67. The molecule has 102 valence electrons. The summed E-state index contributed by atoms with van der Waals surface area (Å²) in [6, 6.07) is 0. The summed E-state index contributed by atoms with van der Waals surface area (Å²) in [5.74, 6) is -0.210. The van der Waals surface area contributed by atoms with Gasteiger partial charge in [-0.15, -0.1) is 0 Å². The second-order valence-corrected chi connectivity index (χ2v) is 3.51. The summed E-state index contributed by atoms with van der Waals surface area (Å²) in [6.45, 7) is 5.81. The van der Waals surface area contributed by atoms with Gasteiger partial charge in [-0.25, -0.2) is 0 Å². The number of allylic oxidation sites excluding steroid dienone is 2. The molecular weight excluding hydrogens is 234 g/mol. The van der Waals surface area contributed by atoms with Crippen LogP contribution in [0.15, 0.2) is 29.0 Å².